The Morgan fingerprint density at radius 2 is 1.71 bits per heavy atom. The number of hydrogen-bond acceptors (Lipinski definition) is 4. The van der Waals surface area contributed by atoms with Gasteiger partial charge in [-0.3, -0.25) is 4.79 Å². The molecule has 0 saturated carbocycles. The summed E-state index contributed by atoms with van der Waals surface area (Å²) in [5.74, 6) is 1.25. The van der Waals surface area contributed by atoms with E-state index in [1.165, 1.54) is 41.1 Å². The first-order chi connectivity index (χ1) is 16.0. The number of carbonyl (C=O) groups excluding carboxylic acids is 1. The van der Waals surface area contributed by atoms with Gasteiger partial charge in [0, 0.05) is 11.8 Å². The van der Waals surface area contributed by atoms with Crippen molar-refractivity contribution >= 4 is 23.7 Å². The van der Waals surface area contributed by atoms with Crippen LogP contribution in [0.2, 0.25) is 5.02 Å². The Balaban J connectivity index is 0.000000310. The average Bonchev–Trinajstić information content (AvgIpc) is 2.80. The van der Waals surface area contributed by atoms with E-state index in [9.17, 15) is 4.79 Å². The summed E-state index contributed by atoms with van der Waals surface area (Å²) in [4.78, 5) is 10.5. The first-order valence-electron chi connectivity index (χ1n) is 11.2. The number of carbonyl (C=O) groups is 1. The highest BCUT2D eigenvalue weighted by Crippen LogP contribution is 2.32. The number of rotatable bonds is 7. The van der Waals surface area contributed by atoms with Gasteiger partial charge in [-0.05, 0) is 76.9 Å². The number of aromatic hydroxyl groups is 1. The first-order valence-corrected chi connectivity index (χ1v) is 11.6. The Morgan fingerprint density at radius 3 is 2.21 bits per heavy atom. The molecule has 0 heterocycles. The van der Waals surface area contributed by atoms with Crippen LogP contribution in [0.15, 0.2) is 54.6 Å². The third-order valence-electron chi connectivity index (χ3n) is 5.38. The minimum atomic E-state index is -0.563. The van der Waals surface area contributed by atoms with Crippen LogP contribution in [0.25, 0.3) is 0 Å². The largest absolute Gasteiger partial charge is 0.506 e. The number of amides is 1. The van der Waals surface area contributed by atoms with Crippen molar-refractivity contribution in [2.75, 3.05) is 0 Å². The number of nitrogens with one attached hydrogen (secondary N) is 1. The van der Waals surface area contributed by atoms with Gasteiger partial charge in [0.25, 0.3) is 0 Å². The average molecular weight is 481 g/mol. The van der Waals surface area contributed by atoms with E-state index in [2.05, 4.69) is 65.0 Å². The molecular weight excluding hydrogens is 448 g/mol. The van der Waals surface area contributed by atoms with Gasteiger partial charge < -0.3 is 21.0 Å². The van der Waals surface area contributed by atoms with Crippen molar-refractivity contribution in [2.24, 2.45) is 5.73 Å². The number of halogens is 1. The third-order valence-corrected chi connectivity index (χ3v) is 5.68. The highest BCUT2D eigenvalue weighted by molar-refractivity contribution is 6.32. The van der Waals surface area contributed by atoms with Gasteiger partial charge in [0.05, 0.1) is 5.02 Å². The molecule has 0 atom stereocenters. The van der Waals surface area contributed by atoms with Crippen LogP contribution >= 0.6 is 11.6 Å². The van der Waals surface area contributed by atoms with Gasteiger partial charge >= 0.3 is 0 Å². The van der Waals surface area contributed by atoms with Crippen LogP contribution in [0, 0.1) is 12.3 Å². The molecule has 0 spiro atoms. The number of benzene rings is 3. The van der Waals surface area contributed by atoms with Gasteiger partial charge in [0.1, 0.15) is 18.1 Å². The second kappa shape index (κ2) is 12.2. The molecule has 6 heteroatoms. The SMILES string of the molecule is Cc1cc(C=N)cc(C(C)C)c1OCc1ccc(C(C)C)cc1.NC(=O)c1ccc(O)c(Cl)c1. The molecular formula is C28H33ClN2O3. The van der Waals surface area contributed by atoms with Crippen LogP contribution in [-0.4, -0.2) is 17.2 Å². The molecule has 0 radical (unpaired) electrons. The van der Waals surface area contributed by atoms with Crippen molar-refractivity contribution in [2.45, 2.75) is 53.1 Å². The van der Waals surface area contributed by atoms with E-state index in [1.54, 1.807) is 0 Å². The fraction of sp³-hybridized carbons (Fsp3) is 0.286. The lowest BCUT2D eigenvalue weighted by atomic mass is 9.96. The van der Waals surface area contributed by atoms with Gasteiger partial charge in [-0.25, -0.2) is 0 Å². The zero-order valence-electron chi connectivity index (χ0n) is 20.4. The topological polar surface area (TPSA) is 96.4 Å². The predicted molar refractivity (Wildman–Crippen MR) is 140 cm³/mol. The lowest BCUT2D eigenvalue weighted by Crippen LogP contribution is -2.10. The van der Waals surface area contributed by atoms with Crippen molar-refractivity contribution < 1.29 is 14.6 Å². The standard InChI is InChI=1S/C21H27NO.C7H6ClNO2/c1-14(2)19-8-6-17(7-9-19)13-23-21-16(5)10-18(12-22)11-20(21)15(3)4;8-5-3-4(7(9)11)1-2-6(5)10/h6-12,14-15,22H,13H2,1-5H3;1-3,10H,(H2,9,11). The Hall–Kier alpha value is -3.31. The summed E-state index contributed by atoms with van der Waals surface area (Å²) in [7, 11) is 0. The monoisotopic (exact) mass is 480 g/mol. The molecule has 3 aromatic rings. The van der Waals surface area contributed by atoms with Crippen molar-refractivity contribution in [3.05, 3.63) is 93.0 Å². The third kappa shape index (κ3) is 7.35. The normalized spacial score (nSPS) is 10.6. The fourth-order valence-electron chi connectivity index (χ4n) is 3.35. The van der Waals surface area contributed by atoms with Gasteiger partial charge in [-0.15, -0.1) is 0 Å². The number of phenols is 1. The number of aryl methyl sites for hydroxylation is 1. The molecule has 4 N–H and O–H groups in total. The quantitative estimate of drug-likeness (QED) is 0.319. The number of phenolic OH excluding ortho intramolecular Hbond substituents is 1. The Bertz CT molecular complexity index is 1140. The van der Waals surface area contributed by atoms with Gasteiger partial charge in [-0.1, -0.05) is 63.6 Å². The van der Waals surface area contributed by atoms with Crippen LogP contribution in [0.3, 0.4) is 0 Å². The summed E-state index contributed by atoms with van der Waals surface area (Å²) in [5.41, 5.74) is 11.0. The molecule has 0 saturated heterocycles. The van der Waals surface area contributed by atoms with Crippen molar-refractivity contribution in [3.8, 4) is 11.5 Å². The second-order valence-corrected chi connectivity index (χ2v) is 9.18. The molecule has 0 aromatic heterocycles. The molecule has 0 aliphatic carbocycles. The smallest absolute Gasteiger partial charge is 0.248 e. The Labute approximate surface area is 207 Å². The summed E-state index contributed by atoms with van der Waals surface area (Å²) in [5, 5.41) is 16.5. The Morgan fingerprint density at radius 1 is 1.06 bits per heavy atom. The van der Waals surface area contributed by atoms with Crippen molar-refractivity contribution in [3.63, 3.8) is 0 Å². The molecule has 34 heavy (non-hydrogen) atoms. The highest BCUT2D eigenvalue weighted by atomic mass is 35.5. The molecule has 1 amide bonds. The lowest BCUT2D eigenvalue weighted by Gasteiger charge is -2.18. The van der Waals surface area contributed by atoms with E-state index in [1.807, 2.05) is 6.07 Å². The minimum Gasteiger partial charge on any atom is -0.506 e. The minimum absolute atomic E-state index is 0.0586. The van der Waals surface area contributed by atoms with E-state index < -0.39 is 5.91 Å². The van der Waals surface area contributed by atoms with Crippen LogP contribution in [0.5, 0.6) is 11.5 Å². The maximum absolute atomic E-state index is 10.5. The zero-order valence-corrected chi connectivity index (χ0v) is 21.1. The van der Waals surface area contributed by atoms with Crippen molar-refractivity contribution in [1.29, 1.82) is 5.41 Å². The van der Waals surface area contributed by atoms with Gasteiger partial charge in [-0.2, -0.15) is 0 Å². The predicted octanol–water partition coefficient (Wildman–Crippen LogP) is 6.96. The number of ether oxygens (including phenoxy) is 1. The molecule has 0 aliphatic heterocycles. The molecule has 0 bridgehead atoms. The van der Waals surface area contributed by atoms with Crippen molar-refractivity contribution in [1.82, 2.24) is 0 Å². The number of hydrogen-bond donors (Lipinski definition) is 3. The summed E-state index contributed by atoms with van der Waals surface area (Å²) in [6.45, 7) is 11.3. The van der Waals surface area contributed by atoms with E-state index >= 15 is 0 Å². The second-order valence-electron chi connectivity index (χ2n) is 8.77. The molecule has 5 nitrogen and oxygen atoms in total. The summed E-state index contributed by atoms with van der Waals surface area (Å²) in [6.07, 6.45) is 1.40. The zero-order chi connectivity index (χ0) is 25.4. The maximum Gasteiger partial charge on any atom is 0.248 e. The van der Waals surface area contributed by atoms with E-state index in [0.29, 0.717) is 18.4 Å². The molecule has 180 valence electrons. The summed E-state index contributed by atoms with van der Waals surface area (Å²) in [6, 6.07) is 16.8. The van der Waals surface area contributed by atoms with Crippen LogP contribution in [0.4, 0.5) is 0 Å². The van der Waals surface area contributed by atoms with Gasteiger partial charge in [0.2, 0.25) is 5.91 Å². The first kappa shape index (κ1) is 26.9. The number of primary amides is 1. The summed E-state index contributed by atoms with van der Waals surface area (Å²) >= 11 is 5.50. The molecule has 0 unspecified atom stereocenters. The maximum atomic E-state index is 10.5. The Kier molecular flexibility index (Phi) is 9.69. The fourth-order valence-corrected chi connectivity index (χ4v) is 3.53. The molecule has 3 rings (SSSR count). The van der Waals surface area contributed by atoms with Crippen LogP contribution in [-0.2, 0) is 6.61 Å². The van der Waals surface area contributed by atoms with Crippen LogP contribution in [0.1, 0.15) is 77.7 Å². The molecule has 3 aromatic carbocycles. The van der Waals surface area contributed by atoms with E-state index in [0.717, 1.165) is 16.9 Å². The van der Waals surface area contributed by atoms with E-state index in [4.69, 9.17) is 32.6 Å². The van der Waals surface area contributed by atoms with Crippen LogP contribution < -0.4 is 10.5 Å². The lowest BCUT2D eigenvalue weighted by molar-refractivity contribution is 0.100. The highest BCUT2D eigenvalue weighted by Gasteiger charge is 2.13. The van der Waals surface area contributed by atoms with Gasteiger partial charge in [0.15, 0.2) is 0 Å². The molecule has 0 aliphatic rings. The van der Waals surface area contributed by atoms with E-state index in [-0.39, 0.29) is 16.3 Å². The number of nitrogens with two attached hydrogens (primary N) is 1. The summed E-state index contributed by atoms with van der Waals surface area (Å²) < 4.78 is 6.14. The molecule has 0 fully saturated rings.